The highest BCUT2D eigenvalue weighted by Gasteiger charge is 2.41. The number of carbonyl (C=O) groups excluding carboxylic acids is 1. The van der Waals surface area contributed by atoms with Gasteiger partial charge in [0.15, 0.2) is 17.3 Å². The van der Waals surface area contributed by atoms with E-state index in [2.05, 4.69) is 6.07 Å². The third kappa shape index (κ3) is 3.84. The van der Waals surface area contributed by atoms with Gasteiger partial charge >= 0.3 is 0 Å². The lowest BCUT2D eigenvalue weighted by molar-refractivity contribution is -0.116. The Morgan fingerprint density at radius 1 is 1.03 bits per heavy atom. The Kier molecular flexibility index (Phi) is 5.84. The molecule has 0 N–H and O–H groups in total. The van der Waals surface area contributed by atoms with E-state index in [0.717, 1.165) is 22.5 Å². The number of hydrogen-bond donors (Lipinski definition) is 0. The Bertz CT molecular complexity index is 1130. The highest BCUT2D eigenvalue weighted by atomic mass is 35.5. The molecule has 31 heavy (non-hydrogen) atoms. The van der Waals surface area contributed by atoms with E-state index in [1.807, 2.05) is 49.4 Å². The Morgan fingerprint density at radius 2 is 1.71 bits per heavy atom. The number of nitriles is 1. The van der Waals surface area contributed by atoms with Crippen LogP contribution in [0.5, 0.6) is 11.5 Å². The zero-order valence-corrected chi connectivity index (χ0v) is 18.4. The number of ether oxygens (including phenoxy) is 2. The summed E-state index contributed by atoms with van der Waals surface area (Å²) in [4.78, 5) is 18.1. The molecular formula is C25H23ClN2O3. The van der Waals surface area contributed by atoms with Crippen molar-refractivity contribution in [2.75, 3.05) is 14.2 Å². The zero-order chi connectivity index (χ0) is 22.1. The Balaban J connectivity index is 1.79. The molecule has 1 heterocycles. The van der Waals surface area contributed by atoms with Crippen LogP contribution in [0.25, 0.3) is 0 Å². The summed E-state index contributed by atoms with van der Waals surface area (Å²) in [7, 11) is 3.15. The van der Waals surface area contributed by atoms with E-state index in [1.54, 1.807) is 14.2 Å². The van der Waals surface area contributed by atoms with Gasteiger partial charge in [0.1, 0.15) is 0 Å². The van der Waals surface area contributed by atoms with Crippen LogP contribution in [-0.4, -0.2) is 25.7 Å². The lowest BCUT2D eigenvalue weighted by atomic mass is 9.69. The number of halogens is 1. The summed E-state index contributed by atoms with van der Waals surface area (Å²) in [5.41, 5.74) is 4.08. The van der Waals surface area contributed by atoms with Gasteiger partial charge in [-0.15, -0.1) is 0 Å². The molecule has 0 aromatic heterocycles. The number of carbonyl (C=O) groups is 1. The average molecular weight is 435 g/mol. The first-order valence-corrected chi connectivity index (χ1v) is 10.5. The summed E-state index contributed by atoms with van der Waals surface area (Å²) >= 11 is 6.03. The van der Waals surface area contributed by atoms with Crippen LogP contribution in [0.3, 0.4) is 0 Å². The van der Waals surface area contributed by atoms with Crippen LogP contribution in [0, 0.1) is 17.2 Å². The standard InChI is InChI=1S/C25H23ClN2O3/c1-14-19(13-27)24(16-6-9-22(30-2)23(12-16)31-3)25-20(28-14)10-17(11-21(25)29)15-4-7-18(26)8-5-15/h4-9,12,17,19,24H,10-11H2,1-3H3/t17-,19?,24+/m1/s1. The van der Waals surface area contributed by atoms with E-state index < -0.39 is 5.92 Å². The second kappa shape index (κ2) is 8.56. The predicted octanol–water partition coefficient (Wildman–Crippen LogP) is 5.46. The van der Waals surface area contributed by atoms with E-state index in [9.17, 15) is 10.1 Å². The molecular weight excluding hydrogens is 412 g/mol. The van der Waals surface area contributed by atoms with Gasteiger partial charge in [-0.25, -0.2) is 0 Å². The Hall–Kier alpha value is -3.10. The molecule has 0 saturated heterocycles. The number of hydrogen-bond acceptors (Lipinski definition) is 5. The highest BCUT2D eigenvalue weighted by molar-refractivity contribution is 6.30. The maximum Gasteiger partial charge on any atom is 0.161 e. The summed E-state index contributed by atoms with van der Waals surface area (Å²) in [5.74, 6) is 0.375. The molecule has 2 aliphatic rings. The number of allylic oxidation sites excluding steroid dienone is 2. The Labute approximate surface area is 187 Å². The van der Waals surface area contributed by atoms with Crippen LogP contribution >= 0.6 is 11.6 Å². The van der Waals surface area contributed by atoms with Gasteiger partial charge in [0.05, 0.1) is 26.2 Å². The first-order valence-electron chi connectivity index (χ1n) is 10.1. The van der Waals surface area contributed by atoms with Crippen molar-refractivity contribution in [1.82, 2.24) is 0 Å². The van der Waals surface area contributed by atoms with Crippen LogP contribution in [0.1, 0.15) is 42.7 Å². The van der Waals surface area contributed by atoms with Gasteiger partial charge in [-0.05, 0) is 54.7 Å². The number of methoxy groups -OCH3 is 2. The maximum absolute atomic E-state index is 13.4. The minimum atomic E-state index is -0.507. The van der Waals surface area contributed by atoms with Gasteiger partial charge in [-0.2, -0.15) is 5.26 Å². The molecule has 158 valence electrons. The van der Waals surface area contributed by atoms with Gasteiger partial charge in [-0.1, -0.05) is 29.8 Å². The average Bonchev–Trinajstić information content (AvgIpc) is 2.78. The summed E-state index contributed by atoms with van der Waals surface area (Å²) in [6.07, 6.45) is 1.04. The lowest BCUT2D eigenvalue weighted by Gasteiger charge is -2.35. The number of benzene rings is 2. The minimum Gasteiger partial charge on any atom is -0.493 e. The minimum absolute atomic E-state index is 0.0393. The number of ketones is 1. The number of nitrogens with zero attached hydrogens (tertiary/aromatic N) is 2. The summed E-state index contributed by atoms with van der Waals surface area (Å²) < 4.78 is 10.8. The molecule has 0 fully saturated rings. The van der Waals surface area contributed by atoms with Crippen molar-refractivity contribution in [2.24, 2.45) is 10.9 Å². The molecule has 0 bridgehead atoms. The third-order valence-electron chi connectivity index (χ3n) is 6.14. The molecule has 2 aromatic rings. The maximum atomic E-state index is 13.4. The molecule has 1 unspecified atom stereocenters. The molecule has 3 atom stereocenters. The highest BCUT2D eigenvalue weighted by Crippen LogP contribution is 2.47. The number of rotatable bonds is 4. The molecule has 0 amide bonds. The smallest absolute Gasteiger partial charge is 0.161 e. The fourth-order valence-corrected chi connectivity index (χ4v) is 4.73. The van der Waals surface area contributed by atoms with E-state index in [1.165, 1.54) is 0 Å². The van der Waals surface area contributed by atoms with Crippen molar-refractivity contribution in [3.05, 3.63) is 69.9 Å². The molecule has 1 aliphatic carbocycles. The second-order valence-corrected chi connectivity index (χ2v) is 8.33. The van der Waals surface area contributed by atoms with Crippen molar-refractivity contribution in [3.63, 3.8) is 0 Å². The molecule has 6 heteroatoms. The SMILES string of the molecule is COc1ccc([C@@H]2C3=C(C[C@@H](c4ccc(Cl)cc4)CC3=O)N=C(C)C2C#N)cc1OC. The van der Waals surface area contributed by atoms with Gasteiger partial charge in [0.2, 0.25) is 0 Å². The van der Waals surface area contributed by atoms with Crippen LogP contribution in [0.4, 0.5) is 0 Å². The summed E-state index contributed by atoms with van der Waals surface area (Å²) in [6, 6.07) is 15.6. The molecule has 1 aliphatic heterocycles. The third-order valence-corrected chi connectivity index (χ3v) is 6.39. The van der Waals surface area contributed by atoms with Crippen molar-refractivity contribution >= 4 is 23.1 Å². The second-order valence-electron chi connectivity index (χ2n) is 7.89. The molecule has 4 rings (SSSR count). The molecule has 0 spiro atoms. The quantitative estimate of drug-likeness (QED) is 0.640. The summed E-state index contributed by atoms with van der Waals surface area (Å²) in [6.45, 7) is 1.86. The zero-order valence-electron chi connectivity index (χ0n) is 17.7. The van der Waals surface area contributed by atoms with E-state index in [0.29, 0.717) is 34.9 Å². The molecule has 0 saturated carbocycles. The van der Waals surface area contributed by atoms with Crippen LogP contribution in [-0.2, 0) is 4.79 Å². The van der Waals surface area contributed by atoms with Crippen molar-refractivity contribution in [3.8, 4) is 17.6 Å². The van der Waals surface area contributed by atoms with Gasteiger partial charge in [-0.3, -0.25) is 9.79 Å². The van der Waals surface area contributed by atoms with E-state index >= 15 is 0 Å². The molecule has 2 aromatic carbocycles. The Morgan fingerprint density at radius 3 is 2.35 bits per heavy atom. The van der Waals surface area contributed by atoms with Gasteiger partial charge < -0.3 is 9.47 Å². The lowest BCUT2D eigenvalue weighted by Crippen LogP contribution is -2.32. The van der Waals surface area contributed by atoms with Crippen LogP contribution in [0.2, 0.25) is 5.02 Å². The van der Waals surface area contributed by atoms with Crippen molar-refractivity contribution in [2.45, 2.75) is 31.6 Å². The van der Waals surface area contributed by atoms with Crippen LogP contribution in [0.15, 0.2) is 58.7 Å². The normalized spacial score (nSPS) is 23.0. The fourth-order valence-electron chi connectivity index (χ4n) is 4.60. The van der Waals surface area contributed by atoms with E-state index in [4.69, 9.17) is 26.1 Å². The topological polar surface area (TPSA) is 71.7 Å². The van der Waals surface area contributed by atoms with Gasteiger partial charge in [0.25, 0.3) is 0 Å². The molecule has 5 nitrogen and oxygen atoms in total. The van der Waals surface area contributed by atoms with Crippen molar-refractivity contribution in [1.29, 1.82) is 5.26 Å². The van der Waals surface area contributed by atoms with E-state index in [-0.39, 0.29) is 17.6 Å². The number of Topliss-reactive ketones (excluding diaryl/α,β-unsaturated/α-hetero) is 1. The monoisotopic (exact) mass is 434 g/mol. The predicted molar refractivity (Wildman–Crippen MR) is 120 cm³/mol. The fraction of sp³-hybridized carbons (Fsp3) is 0.320. The first kappa shape index (κ1) is 21.1. The van der Waals surface area contributed by atoms with Crippen molar-refractivity contribution < 1.29 is 14.3 Å². The molecule has 0 radical (unpaired) electrons. The first-order chi connectivity index (χ1) is 15.0. The summed E-state index contributed by atoms with van der Waals surface area (Å²) in [5, 5.41) is 10.6. The largest absolute Gasteiger partial charge is 0.493 e. The van der Waals surface area contributed by atoms with Crippen LogP contribution < -0.4 is 9.47 Å². The van der Waals surface area contributed by atoms with Gasteiger partial charge in [0, 0.05) is 34.3 Å². The number of aliphatic imine (C=N–C) groups is 1.